The number of hydrogen-bond donors (Lipinski definition) is 1. The number of carbonyl (C=O) groups is 1. The van der Waals surface area contributed by atoms with Crippen LogP contribution >= 0.6 is 35.4 Å². The number of rotatable bonds is 3. The van der Waals surface area contributed by atoms with Crippen LogP contribution in [0.4, 0.5) is 11.4 Å². The quantitative estimate of drug-likeness (QED) is 0.351. The molecule has 1 saturated heterocycles. The van der Waals surface area contributed by atoms with Crippen molar-refractivity contribution in [3.63, 3.8) is 0 Å². The largest absolute Gasteiger partial charge is 0.327 e. The van der Waals surface area contributed by atoms with Gasteiger partial charge in [0.25, 0.3) is 11.6 Å². The van der Waals surface area contributed by atoms with E-state index in [1.165, 1.54) is 29.2 Å². The van der Waals surface area contributed by atoms with Crippen LogP contribution in [0.5, 0.6) is 0 Å². The summed E-state index contributed by atoms with van der Waals surface area (Å²) in [7, 11) is 0. The topological polar surface area (TPSA) is 75.5 Å². The van der Waals surface area contributed by atoms with Crippen LogP contribution in [0.15, 0.2) is 42.1 Å². The molecule has 0 saturated carbocycles. The summed E-state index contributed by atoms with van der Waals surface area (Å²) in [4.78, 5) is 24.5. The number of carbonyl (C=O) groups excluding carboxylic acids is 1. The zero-order valence-electron chi connectivity index (χ0n) is 13.3. The summed E-state index contributed by atoms with van der Waals surface area (Å²) in [6.45, 7) is 1.82. The molecule has 1 N–H and O–H groups in total. The molecular weight excluding hydrogens is 397 g/mol. The van der Waals surface area contributed by atoms with E-state index in [0.717, 1.165) is 5.56 Å². The Labute approximate surface area is 164 Å². The van der Waals surface area contributed by atoms with Gasteiger partial charge in [-0.15, -0.1) is 0 Å². The number of halogens is 2. The van der Waals surface area contributed by atoms with Crippen molar-refractivity contribution in [2.24, 2.45) is 0 Å². The second kappa shape index (κ2) is 7.03. The van der Waals surface area contributed by atoms with Crippen LogP contribution in [0, 0.1) is 17.0 Å². The first-order valence-electron chi connectivity index (χ1n) is 7.35. The average molecular weight is 408 g/mol. The van der Waals surface area contributed by atoms with Crippen LogP contribution in [0.3, 0.4) is 0 Å². The summed E-state index contributed by atoms with van der Waals surface area (Å²) in [5.74, 6) is -0.386. The van der Waals surface area contributed by atoms with Crippen LogP contribution in [-0.4, -0.2) is 15.9 Å². The highest BCUT2D eigenvalue weighted by molar-refractivity contribution is 7.80. The van der Waals surface area contributed by atoms with Crippen molar-refractivity contribution >= 4 is 63.9 Å². The Hall–Kier alpha value is -2.48. The molecule has 1 amide bonds. The van der Waals surface area contributed by atoms with E-state index in [2.05, 4.69) is 5.32 Å². The molecule has 132 valence electrons. The van der Waals surface area contributed by atoms with Gasteiger partial charge in [0.2, 0.25) is 0 Å². The summed E-state index contributed by atoms with van der Waals surface area (Å²) in [5, 5.41) is 14.8. The fraction of sp³-hybridized carbons (Fsp3) is 0.0588. The number of benzene rings is 2. The number of hydrogen-bond acceptors (Lipinski definition) is 4. The van der Waals surface area contributed by atoms with E-state index in [4.69, 9.17) is 35.4 Å². The Morgan fingerprint density at radius 3 is 2.62 bits per heavy atom. The minimum absolute atomic E-state index is 0.125. The molecule has 0 bridgehead atoms. The molecule has 1 heterocycles. The number of amides is 1. The van der Waals surface area contributed by atoms with Crippen molar-refractivity contribution in [2.75, 3.05) is 4.90 Å². The first kappa shape index (κ1) is 18.3. The van der Waals surface area contributed by atoms with Gasteiger partial charge in [0.1, 0.15) is 5.70 Å². The van der Waals surface area contributed by atoms with Crippen molar-refractivity contribution in [3.05, 3.63) is 73.4 Å². The highest BCUT2D eigenvalue weighted by atomic mass is 35.5. The van der Waals surface area contributed by atoms with Crippen LogP contribution in [-0.2, 0) is 4.79 Å². The minimum atomic E-state index is -0.532. The lowest BCUT2D eigenvalue weighted by molar-refractivity contribution is -0.384. The Bertz CT molecular complexity index is 991. The summed E-state index contributed by atoms with van der Waals surface area (Å²) in [6, 6.07) is 9.09. The van der Waals surface area contributed by atoms with Crippen molar-refractivity contribution in [1.29, 1.82) is 0 Å². The van der Waals surface area contributed by atoms with Crippen molar-refractivity contribution < 1.29 is 9.72 Å². The van der Waals surface area contributed by atoms with Gasteiger partial charge in [-0.05, 0) is 55.0 Å². The van der Waals surface area contributed by atoms with E-state index in [9.17, 15) is 14.9 Å². The monoisotopic (exact) mass is 407 g/mol. The lowest BCUT2D eigenvalue weighted by Crippen LogP contribution is -2.30. The van der Waals surface area contributed by atoms with Gasteiger partial charge in [0.05, 0.1) is 10.6 Å². The van der Waals surface area contributed by atoms with Crippen LogP contribution in [0.2, 0.25) is 10.0 Å². The van der Waals surface area contributed by atoms with Gasteiger partial charge >= 0.3 is 0 Å². The molecule has 0 atom stereocenters. The molecule has 0 spiro atoms. The van der Waals surface area contributed by atoms with Gasteiger partial charge in [-0.1, -0.05) is 23.2 Å². The van der Waals surface area contributed by atoms with E-state index in [-0.39, 0.29) is 27.4 Å². The Kier molecular flexibility index (Phi) is 4.95. The normalized spacial score (nSPS) is 15.5. The molecule has 1 aliphatic rings. The molecule has 1 fully saturated rings. The number of non-ortho nitro benzene ring substituents is 1. The first-order valence-corrected chi connectivity index (χ1v) is 8.51. The fourth-order valence-corrected chi connectivity index (χ4v) is 3.22. The number of anilines is 1. The molecule has 2 aromatic rings. The summed E-state index contributed by atoms with van der Waals surface area (Å²) in [5.41, 5.74) is 1.77. The van der Waals surface area contributed by atoms with Crippen LogP contribution in [0.25, 0.3) is 6.08 Å². The molecular formula is C17H11Cl2N3O3S. The van der Waals surface area contributed by atoms with Crippen LogP contribution < -0.4 is 10.2 Å². The molecule has 1 aliphatic heterocycles. The second-order valence-corrected chi connectivity index (χ2v) is 6.75. The molecule has 9 heteroatoms. The lowest BCUT2D eigenvalue weighted by Gasteiger charge is -2.16. The van der Waals surface area contributed by atoms with Gasteiger partial charge in [0, 0.05) is 27.7 Å². The zero-order valence-corrected chi connectivity index (χ0v) is 15.7. The SMILES string of the molecule is Cc1cc(Cl)ccc1N1C(=O)/C(=C\c2cc([N+](=O)[O-])ccc2Cl)NC1=S. The molecule has 3 rings (SSSR count). The predicted octanol–water partition coefficient (Wildman–Crippen LogP) is 4.47. The van der Waals surface area contributed by atoms with Crippen molar-refractivity contribution in [1.82, 2.24) is 5.32 Å². The number of thiocarbonyl (C=S) groups is 1. The summed E-state index contributed by atoms with van der Waals surface area (Å²) in [6.07, 6.45) is 1.44. The molecule has 0 aromatic heterocycles. The zero-order chi connectivity index (χ0) is 19.0. The highest BCUT2D eigenvalue weighted by Gasteiger charge is 2.33. The van der Waals surface area contributed by atoms with Gasteiger partial charge < -0.3 is 5.32 Å². The Morgan fingerprint density at radius 1 is 1.23 bits per heavy atom. The number of nitrogens with one attached hydrogen (secondary N) is 1. The predicted molar refractivity (Wildman–Crippen MR) is 105 cm³/mol. The van der Waals surface area contributed by atoms with Gasteiger partial charge in [-0.3, -0.25) is 19.8 Å². The van der Waals surface area contributed by atoms with E-state index >= 15 is 0 Å². The first-order chi connectivity index (χ1) is 12.3. The van der Waals surface area contributed by atoms with E-state index in [1.807, 2.05) is 6.92 Å². The molecule has 0 radical (unpaired) electrons. The number of nitro groups is 1. The van der Waals surface area contributed by atoms with Gasteiger partial charge in [-0.2, -0.15) is 0 Å². The molecule has 2 aromatic carbocycles. The Balaban J connectivity index is 2.00. The minimum Gasteiger partial charge on any atom is -0.327 e. The molecule has 6 nitrogen and oxygen atoms in total. The third kappa shape index (κ3) is 3.41. The molecule has 0 aliphatic carbocycles. The van der Waals surface area contributed by atoms with Crippen molar-refractivity contribution in [2.45, 2.75) is 6.92 Å². The number of nitrogens with zero attached hydrogens (tertiary/aromatic N) is 2. The van der Waals surface area contributed by atoms with Gasteiger partial charge in [-0.25, -0.2) is 0 Å². The maximum absolute atomic E-state index is 12.8. The Morgan fingerprint density at radius 2 is 1.96 bits per heavy atom. The standard InChI is InChI=1S/C17H11Cl2N3O3S/c1-9-6-11(18)2-5-15(9)21-16(23)14(20-17(21)26)8-10-7-12(22(24)25)3-4-13(10)19/h2-8H,1H3,(H,20,26)/b14-8+. The smallest absolute Gasteiger partial charge is 0.281 e. The third-order valence-electron chi connectivity index (χ3n) is 3.77. The maximum atomic E-state index is 12.8. The highest BCUT2D eigenvalue weighted by Crippen LogP contribution is 2.29. The average Bonchev–Trinajstić information content (AvgIpc) is 2.84. The lowest BCUT2D eigenvalue weighted by atomic mass is 10.1. The fourth-order valence-electron chi connectivity index (χ4n) is 2.53. The van der Waals surface area contributed by atoms with Crippen molar-refractivity contribution in [3.8, 4) is 0 Å². The van der Waals surface area contributed by atoms with Gasteiger partial charge in [0.15, 0.2) is 5.11 Å². The van der Waals surface area contributed by atoms with E-state index in [1.54, 1.807) is 18.2 Å². The molecule has 26 heavy (non-hydrogen) atoms. The molecule has 0 unspecified atom stereocenters. The maximum Gasteiger partial charge on any atom is 0.281 e. The number of nitro benzene ring substituents is 1. The van der Waals surface area contributed by atoms with E-state index < -0.39 is 4.92 Å². The second-order valence-electron chi connectivity index (χ2n) is 5.52. The van der Waals surface area contributed by atoms with E-state index in [0.29, 0.717) is 16.3 Å². The third-order valence-corrected chi connectivity index (χ3v) is 4.63. The van der Waals surface area contributed by atoms with Crippen LogP contribution in [0.1, 0.15) is 11.1 Å². The number of aryl methyl sites for hydroxylation is 1. The summed E-state index contributed by atoms with van der Waals surface area (Å²) >= 11 is 17.3. The summed E-state index contributed by atoms with van der Waals surface area (Å²) < 4.78 is 0.